The molecule has 4 heteroatoms. The third-order valence-electron chi connectivity index (χ3n) is 2.47. The monoisotopic (exact) mass is 198 g/mol. The average Bonchev–Trinajstić information content (AvgIpc) is 2.42. The minimum atomic E-state index is -0.280. The fourth-order valence-electron chi connectivity index (χ4n) is 1.33. The molecule has 0 spiro atoms. The zero-order valence-electron chi connectivity index (χ0n) is 8.62. The van der Waals surface area contributed by atoms with Gasteiger partial charge in [0.25, 0.3) is 0 Å². The van der Waals surface area contributed by atoms with E-state index in [0.717, 1.165) is 5.57 Å². The van der Waals surface area contributed by atoms with Gasteiger partial charge in [-0.15, -0.1) is 0 Å². The van der Waals surface area contributed by atoms with Crippen molar-refractivity contribution in [2.45, 2.75) is 32.8 Å². The molecule has 4 nitrogen and oxygen atoms in total. The molecule has 0 aliphatic carbocycles. The summed E-state index contributed by atoms with van der Waals surface area (Å²) < 4.78 is 9.56. The first-order chi connectivity index (χ1) is 6.56. The smallest absolute Gasteiger partial charge is 0.334 e. The molecule has 1 atom stereocenters. The number of hydrogen-bond acceptors (Lipinski definition) is 4. The molecule has 0 amide bonds. The summed E-state index contributed by atoms with van der Waals surface area (Å²) in [4.78, 5) is 22.0. The highest BCUT2D eigenvalue weighted by atomic mass is 16.5. The predicted molar refractivity (Wildman–Crippen MR) is 49.5 cm³/mol. The molecule has 0 unspecified atom stereocenters. The Bertz CT molecular complexity index is 290. The van der Waals surface area contributed by atoms with E-state index in [1.165, 1.54) is 7.11 Å². The maximum Gasteiger partial charge on any atom is 0.334 e. The summed E-state index contributed by atoms with van der Waals surface area (Å²) in [6.07, 6.45) is 0.530. The summed E-state index contributed by atoms with van der Waals surface area (Å²) in [5, 5.41) is 0. The van der Waals surface area contributed by atoms with Crippen LogP contribution in [-0.2, 0) is 19.1 Å². The van der Waals surface area contributed by atoms with Gasteiger partial charge in [-0.1, -0.05) is 0 Å². The molecular formula is C10H14O4. The lowest BCUT2D eigenvalue weighted by Crippen LogP contribution is -2.13. The highest BCUT2D eigenvalue weighted by Gasteiger charge is 2.28. The number of esters is 2. The van der Waals surface area contributed by atoms with Crippen molar-refractivity contribution in [1.29, 1.82) is 0 Å². The molecule has 0 aromatic carbocycles. The van der Waals surface area contributed by atoms with Crippen LogP contribution in [0.3, 0.4) is 0 Å². The van der Waals surface area contributed by atoms with Gasteiger partial charge >= 0.3 is 11.9 Å². The summed E-state index contributed by atoms with van der Waals surface area (Å²) in [5.74, 6) is -0.559. The van der Waals surface area contributed by atoms with Gasteiger partial charge in [-0.2, -0.15) is 0 Å². The van der Waals surface area contributed by atoms with Crippen LogP contribution in [0.15, 0.2) is 11.1 Å². The molecule has 14 heavy (non-hydrogen) atoms. The highest BCUT2D eigenvalue weighted by molar-refractivity contribution is 5.91. The molecule has 0 aromatic heterocycles. The molecule has 0 radical (unpaired) electrons. The van der Waals surface area contributed by atoms with Crippen molar-refractivity contribution in [2.75, 3.05) is 7.11 Å². The van der Waals surface area contributed by atoms with Crippen LogP contribution < -0.4 is 0 Å². The fraction of sp³-hybridized carbons (Fsp3) is 0.600. The lowest BCUT2D eigenvalue weighted by molar-refractivity contribution is -0.144. The Kier molecular flexibility index (Phi) is 3.28. The first kappa shape index (κ1) is 10.8. The van der Waals surface area contributed by atoms with E-state index in [1.54, 1.807) is 6.92 Å². The molecule has 0 bridgehead atoms. The van der Waals surface area contributed by atoms with Crippen molar-refractivity contribution < 1.29 is 19.1 Å². The van der Waals surface area contributed by atoms with Gasteiger partial charge in [0.15, 0.2) is 0 Å². The third-order valence-corrected chi connectivity index (χ3v) is 2.47. The Morgan fingerprint density at radius 1 is 1.50 bits per heavy atom. The van der Waals surface area contributed by atoms with Gasteiger partial charge in [0.1, 0.15) is 6.10 Å². The Morgan fingerprint density at radius 3 is 2.57 bits per heavy atom. The van der Waals surface area contributed by atoms with Gasteiger partial charge in [0.2, 0.25) is 0 Å². The molecule has 1 aliphatic rings. The van der Waals surface area contributed by atoms with Crippen LogP contribution in [0, 0.1) is 0 Å². The molecule has 78 valence electrons. The second-order valence-corrected chi connectivity index (χ2v) is 3.32. The van der Waals surface area contributed by atoms with Crippen molar-refractivity contribution in [1.82, 2.24) is 0 Å². The van der Waals surface area contributed by atoms with Gasteiger partial charge in [0, 0.05) is 12.0 Å². The SMILES string of the molecule is COC(=O)CC[C@@H]1OC(=O)C(C)=C1C. The van der Waals surface area contributed by atoms with Crippen LogP contribution in [0.25, 0.3) is 0 Å². The molecule has 0 fully saturated rings. The van der Waals surface area contributed by atoms with Gasteiger partial charge in [-0.3, -0.25) is 4.79 Å². The molecule has 0 saturated carbocycles. The molecule has 0 aromatic rings. The number of carbonyl (C=O) groups excluding carboxylic acids is 2. The van der Waals surface area contributed by atoms with E-state index < -0.39 is 0 Å². The lowest BCUT2D eigenvalue weighted by atomic mass is 10.0. The summed E-state index contributed by atoms with van der Waals surface area (Å²) in [5.41, 5.74) is 1.57. The molecule has 1 heterocycles. The number of carbonyl (C=O) groups is 2. The van der Waals surface area contributed by atoms with E-state index >= 15 is 0 Å². The molecule has 1 aliphatic heterocycles. The number of cyclic esters (lactones) is 1. The maximum absolute atomic E-state index is 11.1. The minimum absolute atomic E-state index is 0.249. The lowest BCUT2D eigenvalue weighted by Gasteiger charge is -2.09. The maximum atomic E-state index is 11.1. The average molecular weight is 198 g/mol. The Morgan fingerprint density at radius 2 is 2.14 bits per heavy atom. The van der Waals surface area contributed by atoms with Crippen molar-refractivity contribution in [3.8, 4) is 0 Å². The van der Waals surface area contributed by atoms with Gasteiger partial charge in [-0.05, 0) is 25.8 Å². The minimum Gasteiger partial charge on any atom is -0.469 e. The summed E-state index contributed by atoms with van der Waals surface area (Å²) in [6.45, 7) is 3.58. The number of methoxy groups -OCH3 is 1. The van der Waals surface area contributed by atoms with Crippen molar-refractivity contribution in [3.63, 3.8) is 0 Å². The van der Waals surface area contributed by atoms with E-state index in [4.69, 9.17) is 4.74 Å². The molecular weight excluding hydrogens is 184 g/mol. The Balaban J connectivity index is 2.49. The summed E-state index contributed by atoms with van der Waals surface area (Å²) in [7, 11) is 1.34. The van der Waals surface area contributed by atoms with Gasteiger partial charge < -0.3 is 9.47 Å². The van der Waals surface area contributed by atoms with E-state index in [-0.39, 0.29) is 24.5 Å². The number of hydrogen-bond donors (Lipinski definition) is 0. The number of rotatable bonds is 3. The zero-order valence-corrected chi connectivity index (χ0v) is 8.62. The first-order valence-corrected chi connectivity index (χ1v) is 4.51. The second kappa shape index (κ2) is 4.26. The quantitative estimate of drug-likeness (QED) is 0.639. The van der Waals surface area contributed by atoms with Crippen LogP contribution in [0.1, 0.15) is 26.7 Å². The summed E-state index contributed by atoms with van der Waals surface area (Å²) >= 11 is 0. The predicted octanol–water partition coefficient (Wildman–Crippen LogP) is 1.20. The first-order valence-electron chi connectivity index (χ1n) is 4.51. The van der Waals surface area contributed by atoms with E-state index in [2.05, 4.69) is 4.74 Å². The van der Waals surface area contributed by atoms with Crippen LogP contribution >= 0.6 is 0 Å². The van der Waals surface area contributed by atoms with Gasteiger partial charge in [-0.25, -0.2) is 4.79 Å². The van der Waals surface area contributed by atoms with Crippen molar-refractivity contribution >= 4 is 11.9 Å². The van der Waals surface area contributed by atoms with Crippen LogP contribution in [0.2, 0.25) is 0 Å². The van der Waals surface area contributed by atoms with Crippen LogP contribution in [0.4, 0.5) is 0 Å². The molecule has 1 rings (SSSR count). The number of ether oxygens (including phenoxy) is 2. The zero-order chi connectivity index (χ0) is 10.7. The summed E-state index contributed by atoms with van der Waals surface area (Å²) in [6, 6.07) is 0. The van der Waals surface area contributed by atoms with E-state index in [9.17, 15) is 9.59 Å². The molecule has 0 saturated heterocycles. The standard InChI is InChI=1S/C10H14O4/c1-6-7(2)10(12)14-8(6)4-5-9(11)13-3/h8H,4-5H2,1-3H3/t8-/m0/s1. The van der Waals surface area contributed by atoms with Crippen molar-refractivity contribution in [3.05, 3.63) is 11.1 Å². The highest BCUT2D eigenvalue weighted by Crippen LogP contribution is 2.24. The normalized spacial score (nSPS) is 21.1. The van der Waals surface area contributed by atoms with Crippen LogP contribution in [0.5, 0.6) is 0 Å². The van der Waals surface area contributed by atoms with Crippen molar-refractivity contribution in [2.24, 2.45) is 0 Å². The van der Waals surface area contributed by atoms with E-state index in [1.807, 2.05) is 6.92 Å². The van der Waals surface area contributed by atoms with Crippen LogP contribution in [-0.4, -0.2) is 25.2 Å². The second-order valence-electron chi connectivity index (χ2n) is 3.32. The van der Waals surface area contributed by atoms with E-state index in [0.29, 0.717) is 12.0 Å². The Labute approximate surface area is 82.9 Å². The third kappa shape index (κ3) is 2.13. The van der Waals surface area contributed by atoms with Gasteiger partial charge in [0.05, 0.1) is 7.11 Å². The molecule has 0 N–H and O–H groups in total. The Hall–Kier alpha value is -1.32. The fourth-order valence-corrected chi connectivity index (χ4v) is 1.33. The largest absolute Gasteiger partial charge is 0.469 e. The topological polar surface area (TPSA) is 52.6 Å².